The number of benzene rings is 2. The minimum absolute atomic E-state index is 0.0219. The van der Waals surface area contributed by atoms with E-state index in [1.165, 1.54) is 11.1 Å². The summed E-state index contributed by atoms with van der Waals surface area (Å²) in [5, 5.41) is 12.5. The predicted octanol–water partition coefficient (Wildman–Crippen LogP) is 4.02. The lowest BCUT2D eigenvalue weighted by Gasteiger charge is -2.24. The number of hydrogen-bond donors (Lipinski definition) is 2. The second-order valence-electron chi connectivity index (χ2n) is 9.90. The number of likely N-dealkylation sites (tertiary alicyclic amines) is 1. The minimum atomic E-state index is -0.796. The Kier molecular flexibility index (Phi) is 5.80. The zero-order valence-electron chi connectivity index (χ0n) is 19.3. The molecule has 1 heterocycles. The SMILES string of the molecule is C[C@@H](CC(=O)N1CC2CCCC2(C(=O)O)C1)NC(=O)OCC1c2ccccc2-c2ccccc21. The van der Waals surface area contributed by atoms with Crippen LogP contribution in [0.2, 0.25) is 0 Å². The van der Waals surface area contributed by atoms with Gasteiger partial charge < -0.3 is 20.1 Å². The van der Waals surface area contributed by atoms with Gasteiger partial charge in [0.2, 0.25) is 5.91 Å². The zero-order chi connectivity index (χ0) is 23.9. The van der Waals surface area contributed by atoms with Crippen molar-refractivity contribution in [1.82, 2.24) is 10.2 Å². The number of amides is 2. The molecule has 3 atom stereocenters. The van der Waals surface area contributed by atoms with Gasteiger partial charge in [0.1, 0.15) is 6.61 Å². The molecular formula is C27H30N2O5. The Morgan fingerprint density at radius 1 is 1.12 bits per heavy atom. The maximum Gasteiger partial charge on any atom is 0.407 e. The fourth-order valence-corrected chi connectivity index (χ4v) is 6.11. The third-order valence-corrected chi connectivity index (χ3v) is 7.84. The molecule has 0 bridgehead atoms. The molecule has 0 spiro atoms. The standard InChI is InChI=1S/C27H30N2O5/c1-17(13-24(30)29-14-18-7-6-12-27(18,16-29)25(31)32)28-26(33)34-15-23-21-10-4-2-8-19(21)20-9-3-5-11-22(20)23/h2-5,8-11,17-18,23H,6-7,12-16H2,1H3,(H,28,33)(H,31,32)/t17-,18?,27?/m0/s1. The molecule has 178 valence electrons. The van der Waals surface area contributed by atoms with Crippen LogP contribution in [0.4, 0.5) is 4.79 Å². The van der Waals surface area contributed by atoms with Crippen molar-refractivity contribution in [1.29, 1.82) is 0 Å². The average molecular weight is 463 g/mol. The Morgan fingerprint density at radius 3 is 2.38 bits per heavy atom. The number of ether oxygens (including phenoxy) is 1. The highest BCUT2D eigenvalue weighted by molar-refractivity contribution is 5.82. The van der Waals surface area contributed by atoms with Crippen LogP contribution in [0.1, 0.15) is 49.7 Å². The number of carbonyl (C=O) groups excluding carboxylic acids is 2. The molecule has 5 rings (SSSR count). The van der Waals surface area contributed by atoms with Crippen LogP contribution in [0.5, 0.6) is 0 Å². The maximum atomic E-state index is 12.8. The number of aliphatic carboxylic acids is 1. The van der Waals surface area contributed by atoms with Crippen LogP contribution in [0, 0.1) is 11.3 Å². The van der Waals surface area contributed by atoms with Gasteiger partial charge in [-0.15, -0.1) is 0 Å². The van der Waals surface area contributed by atoms with Crippen molar-refractivity contribution in [2.75, 3.05) is 19.7 Å². The van der Waals surface area contributed by atoms with Crippen LogP contribution in [0.3, 0.4) is 0 Å². The van der Waals surface area contributed by atoms with Gasteiger partial charge in [-0.05, 0) is 47.9 Å². The Bertz CT molecular complexity index is 1090. The number of hydrogen-bond acceptors (Lipinski definition) is 4. The first-order valence-electron chi connectivity index (χ1n) is 12.0. The smallest absolute Gasteiger partial charge is 0.407 e. The number of carboxylic acids is 1. The predicted molar refractivity (Wildman–Crippen MR) is 126 cm³/mol. The molecule has 2 N–H and O–H groups in total. The van der Waals surface area contributed by atoms with E-state index in [0.717, 1.165) is 24.0 Å². The summed E-state index contributed by atoms with van der Waals surface area (Å²) < 4.78 is 5.57. The van der Waals surface area contributed by atoms with Gasteiger partial charge in [0.05, 0.1) is 5.41 Å². The normalized spacial score (nSPS) is 23.7. The van der Waals surface area contributed by atoms with Crippen LogP contribution in [0.15, 0.2) is 48.5 Å². The number of carboxylic acid groups (broad SMARTS) is 1. The summed E-state index contributed by atoms with van der Waals surface area (Å²) in [4.78, 5) is 38.8. The largest absolute Gasteiger partial charge is 0.481 e. The summed E-state index contributed by atoms with van der Waals surface area (Å²) in [5.41, 5.74) is 3.83. The topological polar surface area (TPSA) is 95.9 Å². The molecular weight excluding hydrogens is 432 g/mol. The molecule has 3 aliphatic rings. The van der Waals surface area contributed by atoms with Gasteiger partial charge >= 0.3 is 12.1 Å². The van der Waals surface area contributed by atoms with Gasteiger partial charge in [-0.25, -0.2) is 4.79 Å². The molecule has 0 aromatic heterocycles. The van der Waals surface area contributed by atoms with Crippen molar-refractivity contribution in [3.05, 3.63) is 59.7 Å². The first-order valence-corrected chi connectivity index (χ1v) is 12.0. The van der Waals surface area contributed by atoms with Crippen molar-refractivity contribution in [2.24, 2.45) is 11.3 Å². The molecule has 7 heteroatoms. The second-order valence-corrected chi connectivity index (χ2v) is 9.90. The number of nitrogens with zero attached hydrogens (tertiary/aromatic N) is 1. The van der Waals surface area contributed by atoms with Crippen molar-refractivity contribution < 1.29 is 24.2 Å². The van der Waals surface area contributed by atoms with E-state index in [9.17, 15) is 19.5 Å². The quantitative estimate of drug-likeness (QED) is 0.676. The van der Waals surface area contributed by atoms with E-state index in [0.29, 0.717) is 13.0 Å². The number of alkyl carbamates (subject to hydrolysis) is 1. The summed E-state index contributed by atoms with van der Waals surface area (Å²) in [5.74, 6) is -0.915. The van der Waals surface area contributed by atoms with Crippen molar-refractivity contribution in [3.8, 4) is 11.1 Å². The van der Waals surface area contributed by atoms with E-state index >= 15 is 0 Å². The van der Waals surface area contributed by atoms with E-state index in [-0.39, 0.29) is 37.3 Å². The molecule has 7 nitrogen and oxygen atoms in total. The highest BCUT2D eigenvalue weighted by Gasteiger charge is 2.55. The molecule has 2 aromatic rings. The molecule has 34 heavy (non-hydrogen) atoms. The van der Waals surface area contributed by atoms with Gasteiger partial charge in [0.25, 0.3) is 0 Å². The highest BCUT2D eigenvalue weighted by atomic mass is 16.5. The van der Waals surface area contributed by atoms with Gasteiger partial charge in [-0.2, -0.15) is 0 Å². The van der Waals surface area contributed by atoms with Crippen molar-refractivity contribution in [3.63, 3.8) is 0 Å². The van der Waals surface area contributed by atoms with Gasteiger partial charge in [0.15, 0.2) is 0 Å². The monoisotopic (exact) mass is 462 g/mol. The van der Waals surface area contributed by atoms with Gasteiger partial charge in [-0.3, -0.25) is 9.59 Å². The lowest BCUT2D eigenvalue weighted by atomic mass is 9.81. The Morgan fingerprint density at radius 2 is 1.76 bits per heavy atom. The van der Waals surface area contributed by atoms with Crippen molar-refractivity contribution >= 4 is 18.0 Å². The van der Waals surface area contributed by atoms with E-state index in [4.69, 9.17) is 4.74 Å². The number of fused-ring (bicyclic) bond motifs is 4. The van der Waals surface area contributed by atoms with Crippen molar-refractivity contribution in [2.45, 2.75) is 44.6 Å². The molecule has 1 aliphatic heterocycles. The molecule has 2 aliphatic carbocycles. The summed E-state index contributed by atoms with van der Waals surface area (Å²) in [6.07, 6.45) is 1.95. The van der Waals surface area contributed by atoms with Crippen LogP contribution in [0.25, 0.3) is 11.1 Å². The number of carbonyl (C=O) groups is 3. The van der Waals surface area contributed by atoms with Crippen LogP contribution >= 0.6 is 0 Å². The molecule has 2 amide bonds. The third kappa shape index (κ3) is 3.83. The summed E-state index contributed by atoms with van der Waals surface area (Å²) in [7, 11) is 0. The fraction of sp³-hybridized carbons (Fsp3) is 0.444. The summed E-state index contributed by atoms with van der Waals surface area (Å²) in [6, 6.07) is 15.9. The molecule has 2 aromatic carbocycles. The Labute approximate surface area is 199 Å². The fourth-order valence-electron chi connectivity index (χ4n) is 6.11. The lowest BCUT2D eigenvalue weighted by molar-refractivity contribution is -0.149. The maximum absolute atomic E-state index is 12.8. The average Bonchev–Trinajstić information content (AvgIpc) is 3.47. The highest BCUT2D eigenvalue weighted by Crippen LogP contribution is 2.49. The molecule has 2 fully saturated rings. The van der Waals surface area contributed by atoms with E-state index in [2.05, 4.69) is 29.6 Å². The number of nitrogens with one attached hydrogen (secondary N) is 1. The summed E-state index contributed by atoms with van der Waals surface area (Å²) in [6.45, 7) is 2.74. The van der Waals surface area contributed by atoms with Gasteiger partial charge in [0, 0.05) is 31.5 Å². The third-order valence-electron chi connectivity index (χ3n) is 7.84. The molecule has 2 unspecified atom stereocenters. The minimum Gasteiger partial charge on any atom is -0.481 e. The Balaban J connectivity index is 1.15. The van der Waals surface area contributed by atoms with Crippen LogP contribution in [-0.2, 0) is 14.3 Å². The number of rotatable bonds is 6. The van der Waals surface area contributed by atoms with E-state index in [1.807, 2.05) is 24.3 Å². The molecule has 0 radical (unpaired) electrons. The first-order chi connectivity index (χ1) is 16.4. The summed E-state index contributed by atoms with van der Waals surface area (Å²) >= 11 is 0. The van der Waals surface area contributed by atoms with Crippen LogP contribution in [-0.4, -0.2) is 53.7 Å². The second kappa shape index (κ2) is 8.78. The molecule has 1 saturated carbocycles. The first kappa shape index (κ1) is 22.4. The van der Waals surface area contributed by atoms with E-state index < -0.39 is 23.5 Å². The van der Waals surface area contributed by atoms with E-state index in [1.54, 1.807) is 11.8 Å². The lowest BCUT2D eigenvalue weighted by Crippen LogP contribution is -2.41. The Hall–Kier alpha value is -3.35. The zero-order valence-corrected chi connectivity index (χ0v) is 19.3. The van der Waals surface area contributed by atoms with Gasteiger partial charge in [-0.1, -0.05) is 55.0 Å². The van der Waals surface area contributed by atoms with Crippen LogP contribution < -0.4 is 5.32 Å². The molecule has 1 saturated heterocycles.